The highest BCUT2D eigenvalue weighted by Gasteiger charge is 2.33. The van der Waals surface area contributed by atoms with Crippen LogP contribution in [0.2, 0.25) is 0 Å². The lowest BCUT2D eigenvalue weighted by molar-refractivity contribution is -0.384. The third-order valence-corrected chi connectivity index (χ3v) is 4.75. The molecule has 0 saturated heterocycles. The average Bonchev–Trinajstić information content (AvgIpc) is 2.53. The van der Waals surface area contributed by atoms with Crippen molar-refractivity contribution in [1.82, 2.24) is 0 Å². The van der Waals surface area contributed by atoms with Gasteiger partial charge in [0.15, 0.2) is 0 Å². The Bertz CT molecular complexity index is 850. The normalized spacial score (nSPS) is 11.6. The number of hydrogen-bond donors (Lipinski definition) is 1. The summed E-state index contributed by atoms with van der Waals surface area (Å²) in [6.07, 6.45) is -3.26. The second kappa shape index (κ2) is 8.37. The standard InChI is InChI=1S/C15H10F3I2N3O3/c1-26-14-10(19)4-8(5-11(14)20)7-21-22-12-3-2-9(15(16,17)18)6-13(12)23(24)25/h2-7,22H,1H3/b21-7-. The van der Waals surface area contributed by atoms with Crippen LogP contribution in [0, 0.1) is 17.3 Å². The zero-order valence-electron chi connectivity index (χ0n) is 13.0. The number of alkyl halides is 3. The molecule has 26 heavy (non-hydrogen) atoms. The van der Waals surface area contributed by atoms with E-state index in [9.17, 15) is 23.3 Å². The number of nitro benzene ring substituents is 1. The fourth-order valence-corrected chi connectivity index (χ4v) is 4.24. The van der Waals surface area contributed by atoms with Crippen molar-refractivity contribution in [2.45, 2.75) is 6.18 Å². The van der Waals surface area contributed by atoms with Gasteiger partial charge in [0.05, 0.1) is 31.0 Å². The van der Waals surface area contributed by atoms with Gasteiger partial charge in [0, 0.05) is 6.07 Å². The van der Waals surface area contributed by atoms with Crippen LogP contribution in [0.3, 0.4) is 0 Å². The van der Waals surface area contributed by atoms with Crippen molar-refractivity contribution >= 4 is 62.8 Å². The molecule has 6 nitrogen and oxygen atoms in total. The Morgan fingerprint density at radius 1 is 1.23 bits per heavy atom. The van der Waals surface area contributed by atoms with Gasteiger partial charge < -0.3 is 4.74 Å². The fourth-order valence-electron chi connectivity index (χ4n) is 1.98. The minimum absolute atomic E-state index is 0.142. The number of rotatable bonds is 5. The highest BCUT2D eigenvalue weighted by atomic mass is 127. The van der Waals surface area contributed by atoms with Crippen LogP contribution in [-0.2, 0) is 6.18 Å². The summed E-state index contributed by atoms with van der Waals surface area (Å²) < 4.78 is 45.0. The molecule has 0 bridgehead atoms. The molecule has 0 aliphatic rings. The number of nitrogens with one attached hydrogen (secondary N) is 1. The summed E-state index contributed by atoms with van der Waals surface area (Å²) in [5.41, 5.74) is 1.16. The smallest absolute Gasteiger partial charge is 0.416 e. The molecule has 0 spiro atoms. The highest BCUT2D eigenvalue weighted by molar-refractivity contribution is 14.1. The van der Waals surface area contributed by atoms with Crippen LogP contribution >= 0.6 is 45.2 Å². The molecule has 2 rings (SSSR count). The predicted molar refractivity (Wildman–Crippen MR) is 108 cm³/mol. The number of benzene rings is 2. The number of nitrogens with zero attached hydrogens (tertiary/aromatic N) is 2. The average molecular weight is 591 g/mol. The van der Waals surface area contributed by atoms with E-state index >= 15 is 0 Å². The fraction of sp³-hybridized carbons (Fsp3) is 0.133. The Hall–Kier alpha value is -1.64. The molecule has 0 heterocycles. The molecule has 0 aliphatic carbocycles. The van der Waals surface area contributed by atoms with Crippen LogP contribution in [0.1, 0.15) is 11.1 Å². The molecule has 0 aliphatic heterocycles. The van der Waals surface area contributed by atoms with Crippen molar-refractivity contribution in [1.29, 1.82) is 0 Å². The predicted octanol–water partition coefficient (Wildman–Crippen LogP) is 5.28. The topological polar surface area (TPSA) is 76.8 Å². The largest absolute Gasteiger partial charge is 0.495 e. The molecular formula is C15H10F3I2N3O3. The molecule has 1 N–H and O–H groups in total. The Morgan fingerprint density at radius 3 is 2.35 bits per heavy atom. The van der Waals surface area contributed by atoms with Gasteiger partial charge in [-0.3, -0.25) is 15.5 Å². The molecule has 0 fully saturated rings. The Labute approximate surface area is 173 Å². The van der Waals surface area contributed by atoms with E-state index in [-0.39, 0.29) is 5.69 Å². The van der Waals surface area contributed by atoms with Crippen molar-refractivity contribution in [2.24, 2.45) is 5.10 Å². The van der Waals surface area contributed by atoms with Gasteiger partial charge in [-0.1, -0.05) is 0 Å². The molecule has 11 heteroatoms. The first-order chi connectivity index (χ1) is 12.1. The monoisotopic (exact) mass is 591 g/mol. The minimum Gasteiger partial charge on any atom is -0.495 e. The summed E-state index contributed by atoms with van der Waals surface area (Å²) in [5.74, 6) is 0.717. The second-order valence-electron chi connectivity index (χ2n) is 4.87. The van der Waals surface area contributed by atoms with Gasteiger partial charge in [-0.05, 0) is 75.0 Å². The van der Waals surface area contributed by atoms with Gasteiger partial charge in [0.25, 0.3) is 5.69 Å². The number of nitro groups is 1. The molecule has 138 valence electrons. The first kappa shape index (κ1) is 20.7. The zero-order valence-corrected chi connectivity index (χ0v) is 17.3. The SMILES string of the molecule is COc1c(I)cc(/C=N\Nc2ccc(C(F)(F)F)cc2[N+](=O)[O-])cc1I. The molecule has 0 aromatic heterocycles. The number of methoxy groups -OCH3 is 1. The summed E-state index contributed by atoms with van der Waals surface area (Å²) in [7, 11) is 1.55. The number of hydrazone groups is 1. The molecule has 0 atom stereocenters. The lowest BCUT2D eigenvalue weighted by atomic mass is 10.1. The van der Waals surface area contributed by atoms with E-state index in [1.54, 1.807) is 19.2 Å². The number of anilines is 1. The van der Waals surface area contributed by atoms with Crippen LogP contribution in [0.5, 0.6) is 5.75 Å². The zero-order chi connectivity index (χ0) is 19.5. The van der Waals surface area contributed by atoms with Crippen LogP contribution in [-0.4, -0.2) is 18.2 Å². The lowest BCUT2D eigenvalue weighted by Crippen LogP contribution is -2.06. The van der Waals surface area contributed by atoms with Gasteiger partial charge in [-0.25, -0.2) is 0 Å². The third-order valence-electron chi connectivity index (χ3n) is 3.15. The van der Waals surface area contributed by atoms with E-state index in [2.05, 4.69) is 55.7 Å². The van der Waals surface area contributed by atoms with Gasteiger partial charge in [-0.15, -0.1) is 0 Å². The molecule has 0 saturated carbocycles. The minimum atomic E-state index is -4.66. The summed E-state index contributed by atoms with van der Waals surface area (Å²) in [6, 6.07) is 5.77. The van der Waals surface area contributed by atoms with E-state index in [0.29, 0.717) is 11.6 Å². The van der Waals surface area contributed by atoms with E-state index in [0.717, 1.165) is 25.0 Å². The quantitative estimate of drug-likeness (QED) is 0.223. The lowest BCUT2D eigenvalue weighted by Gasteiger charge is -2.09. The first-order valence-electron chi connectivity index (χ1n) is 6.81. The van der Waals surface area contributed by atoms with Crippen LogP contribution in [0.25, 0.3) is 0 Å². The number of halogens is 5. The first-order valence-corrected chi connectivity index (χ1v) is 8.97. The molecule has 2 aromatic carbocycles. The maximum absolute atomic E-state index is 12.7. The summed E-state index contributed by atoms with van der Waals surface area (Å²) in [5, 5.41) is 14.9. The highest BCUT2D eigenvalue weighted by Crippen LogP contribution is 2.35. The van der Waals surface area contributed by atoms with Gasteiger partial charge in [0.2, 0.25) is 0 Å². The van der Waals surface area contributed by atoms with Crippen LogP contribution < -0.4 is 10.2 Å². The molecule has 0 radical (unpaired) electrons. The Balaban J connectivity index is 2.26. The van der Waals surface area contributed by atoms with Crippen molar-refractivity contribution in [3.63, 3.8) is 0 Å². The maximum Gasteiger partial charge on any atom is 0.416 e. The van der Waals surface area contributed by atoms with Gasteiger partial charge >= 0.3 is 6.18 Å². The van der Waals surface area contributed by atoms with Crippen LogP contribution in [0.4, 0.5) is 24.5 Å². The molecular weight excluding hydrogens is 581 g/mol. The maximum atomic E-state index is 12.7. The Kier molecular flexibility index (Phi) is 6.65. The van der Waals surface area contributed by atoms with E-state index in [1.165, 1.54) is 6.21 Å². The van der Waals surface area contributed by atoms with Crippen molar-refractivity contribution in [3.8, 4) is 5.75 Å². The van der Waals surface area contributed by atoms with E-state index < -0.39 is 22.4 Å². The van der Waals surface area contributed by atoms with Gasteiger partial charge in [-0.2, -0.15) is 18.3 Å². The van der Waals surface area contributed by atoms with Crippen molar-refractivity contribution in [2.75, 3.05) is 12.5 Å². The Morgan fingerprint density at radius 2 is 1.85 bits per heavy atom. The molecule has 0 unspecified atom stereocenters. The van der Waals surface area contributed by atoms with Gasteiger partial charge in [0.1, 0.15) is 11.4 Å². The summed E-state index contributed by atoms with van der Waals surface area (Å²) >= 11 is 4.18. The number of hydrogen-bond acceptors (Lipinski definition) is 5. The molecule has 2 aromatic rings. The third kappa shape index (κ3) is 4.96. The second-order valence-corrected chi connectivity index (χ2v) is 7.20. The molecule has 0 amide bonds. The van der Waals surface area contributed by atoms with Crippen molar-refractivity contribution in [3.05, 3.63) is 58.7 Å². The van der Waals surface area contributed by atoms with E-state index in [4.69, 9.17) is 4.74 Å². The summed E-state index contributed by atoms with van der Waals surface area (Å²) in [6.45, 7) is 0. The van der Waals surface area contributed by atoms with Crippen LogP contribution in [0.15, 0.2) is 35.4 Å². The van der Waals surface area contributed by atoms with E-state index in [1.807, 2.05) is 0 Å². The number of ether oxygens (including phenoxy) is 1. The summed E-state index contributed by atoms with van der Waals surface area (Å²) in [4.78, 5) is 10.1. The van der Waals surface area contributed by atoms with Crippen molar-refractivity contribution < 1.29 is 22.8 Å².